The van der Waals surface area contributed by atoms with Gasteiger partial charge in [0.2, 0.25) is 0 Å². The number of nitrogens with zero attached hydrogens (tertiary/aromatic N) is 1. The number of rotatable bonds is 3. The number of phenols is 1. The summed E-state index contributed by atoms with van der Waals surface area (Å²) in [4.78, 5) is 19.3. The van der Waals surface area contributed by atoms with Crippen molar-refractivity contribution in [1.82, 2.24) is 9.97 Å². The number of halogens is 1. The summed E-state index contributed by atoms with van der Waals surface area (Å²) in [6.45, 7) is 1.89. The molecule has 0 aliphatic heterocycles. The van der Waals surface area contributed by atoms with Gasteiger partial charge in [0.15, 0.2) is 17.3 Å². The maximum atomic E-state index is 12.2. The van der Waals surface area contributed by atoms with Crippen molar-refractivity contribution in [2.45, 2.75) is 6.92 Å². The lowest BCUT2D eigenvalue weighted by atomic mass is 10.1. The van der Waals surface area contributed by atoms with Gasteiger partial charge in [-0.1, -0.05) is 29.8 Å². The largest absolute Gasteiger partial charge is 0.504 e. The molecule has 24 heavy (non-hydrogen) atoms. The average Bonchev–Trinajstić information content (AvgIpc) is 2.56. The van der Waals surface area contributed by atoms with Gasteiger partial charge in [-0.05, 0) is 42.3 Å². The van der Waals surface area contributed by atoms with Crippen LogP contribution in [0.2, 0.25) is 0 Å². The van der Waals surface area contributed by atoms with Crippen LogP contribution in [0.1, 0.15) is 17.0 Å². The van der Waals surface area contributed by atoms with Crippen molar-refractivity contribution in [2.24, 2.45) is 0 Å². The van der Waals surface area contributed by atoms with Gasteiger partial charge in [0.1, 0.15) is 0 Å². The lowest BCUT2D eigenvalue weighted by molar-refractivity contribution is 0.373. The van der Waals surface area contributed by atoms with E-state index in [-0.39, 0.29) is 22.2 Å². The van der Waals surface area contributed by atoms with E-state index in [1.54, 1.807) is 24.3 Å². The number of aryl methyl sites for hydroxylation is 1. The van der Waals surface area contributed by atoms with E-state index in [2.05, 4.69) is 9.97 Å². The Balaban J connectivity index is 2.08. The molecule has 3 rings (SSSR count). The van der Waals surface area contributed by atoms with Crippen LogP contribution >= 0.6 is 11.6 Å². The van der Waals surface area contributed by atoms with Crippen molar-refractivity contribution in [2.75, 3.05) is 7.11 Å². The highest BCUT2D eigenvalue weighted by Crippen LogP contribution is 2.28. The number of hydrogen-bond acceptors (Lipinski definition) is 4. The fraction of sp³-hybridized carbons (Fsp3) is 0.111. The molecule has 0 saturated heterocycles. The number of hydrogen-bond donors (Lipinski definition) is 2. The fourth-order valence-electron chi connectivity index (χ4n) is 2.43. The molecule has 1 aromatic heterocycles. The molecule has 6 heteroatoms. The summed E-state index contributed by atoms with van der Waals surface area (Å²) in [5.74, 6) is 0.654. The third-order valence-corrected chi connectivity index (χ3v) is 3.95. The third kappa shape index (κ3) is 2.98. The van der Waals surface area contributed by atoms with Crippen molar-refractivity contribution >= 4 is 33.6 Å². The summed E-state index contributed by atoms with van der Waals surface area (Å²) in [6.07, 6.45) is 1.61. The van der Waals surface area contributed by atoms with Gasteiger partial charge in [-0.3, -0.25) is 4.79 Å². The number of aromatic hydroxyl groups is 1. The maximum absolute atomic E-state index is 12.2. The van der Waals surface area contributed by atoms with Crippen LogP contribution in [0.4, 0.5) is 0 Å². The lowest BCUT2D eigenvalue weighted by Crippen LogP contribution is -2.11. The third-order valence-electron chi connectivity index (χ3n) is 3.66. The molecule has 0 aliphatic carbocycles. The molecule has 0 unspecified atom stereocenters. The Morgan fingerprint density at radius 3 is 2.83 bits per heavy atom. The minimum atomic E-state index is -0.247. The Morgan fingerprint density at radius 2 is 2.12 bits per heavy atom. The summed E-state index contributed by atoms with van der Waals surface area (Å²) in [5.41, 5.74) is 1.92. The van der Waals surface area contributed by atoms with Gasteiger partial charge in [0, 0.05) is 0 Å². The predicted molar refractivity (Wildman–Crippen MR) is 95.5 cm³/mol. The molecule has 0 amide bonds. The summed E-state index contributed by atoms with van der Waals surface area (Å²) >= 11 is 6.31. The number of H-pyrrole nitrogens is 1. The minimum Gasteiger partial charge on any atom is -0.504 e. The topological polar surface area (TPSA) is 75.2 Å². The fourth-order valence-corrected chi connectivity index (χ4v) is 2.65. The van der Waals surface area contributed by atoms with Crippen molar-refractivity contribution in [3.8, 4) is 11.5 Å². The first kappa shape index (κ1) is 16.1. The molecule has 0 spiro atoms. The smallest absolute Gasteiger partial charge is 0.259 e. The molecule has 5 nitrogen and oxygen atoms in total. The number of aromatic nitrogens is 2. The van der Waals surface area contributed by atoms with Crippen LogP contribution in [0.5, 0.6) is 11.5 Å². The van der Waals surface area contributed by atoms with E-state index in [0.29, 0.717) is 22.2 Å². The highest BCUT2D eigenvalue weighted by molar-refractivity contribution is 6.50. The zero-order valence-electron chi connectivity index (χ0n) is 13.1. The molecule has 3 aromatic rings. The van der Waals surface area contributed by atoms with Crippen LogP contribution in [-0.4, -0.2) is 22.2 Å². The molecular formula is C18H15ClN2O3. The molecule has 0 fully saturated rings. The van der Waals surface area contributed by atoms with Crippen molar-refractivity contribution in [3.63, 3.8) is 0 Å². The van der Waals surface area contributed by atoms with E-state index < -0.39 is 0 Å². The monoisotopic (exact) mass is 342 g/mol. The highest BCUT2D eigenvalue weighted by atomic mass is 35.5. The number of nitrogens with one attached hydrogen (secondary N) is 1. The number of aromatic amines is 1. The lowest BCUT2D eigenvalue weighted by Gasteiger charge is -2.06. The molecule has 1 heterocycles. The summed E-state index contributed by atoms with van der Waals surface area (Å²) in [5, 5.41) is 10.6. The second-order valence-electron chi connectivity index (χ2n) is 5.31. The number of ether oxygens (including phenoxy) is 1. The average molecular weight is 343 g/mol. The summed E-state index contributed by atoms with van der Waals surface area (Å²) in [6, 6.07) is 10.3. The molecule has 0 bridgehead atoms. The van der Waals surface area contributed by atoms with Gasteiger partial charge in [0.25, 0.3) is 5.56 Å². The van der Waals surface area contributed by atoms with Crippen molar-refractivity contribution in [3.05, 3.63) is 63.7 Å². The molecule has 122 valence electrons. The first-order valence-electron chi connectivity index (χ1n) is 7.24. The Hall–Kier alpha value is -2.79. The standard InChI is InChI=1S/C18H15ClN2O3/c1-10-4-3-5-12-16(10)20-17(21-18(12)23)13(19)8-11-6-7-15(24-2)14(22)9-11/h3-9,22H,1-2H3,(H,20,21,23). The minimum absolute atomic E-state index is 0.00604. The molecule has 0 atom stereocenters. The molecule has 2 aromatic carbocycles. The predicted octanol–water partition coefficient (Wildman–Crippen LogP) is 3.68. The van der Waals surface area contributed by atoms with Gasteiger partial charge in [-0.15, -0.1) is 0 Å². The van der Waals surface area contributed by atoms with Gasteiger partial charge in [-0.25, -0.2) is 4.98 Å². The van der Waals surface area contributed by atoms with Crippen LogP contribution in [0, 0.1) is 6.92 Å². The molecule has 0 radical (unpaired) electrons. The first-order chi connectivity index (χ1) is 11.5. The normalized spacial score (nSPS) is 11.7. The number of para-hydroxylation sites is 1. The Labute approximate surface area is 143 Å². The van der Waals surface area contributed by atoms with E-state index in [9.17, 15) is 9.90 Å². The second-order valence-corrected chi connectivity index (χ2v) is 5.72. The van der Waals surface area contributed by atoms with E-state index in [1.165, 1.54) is 13.2 Å². The summed E-state index contributed by atoms with van der Waals surface area (Å²) < 4.78 is 5.00. The van der Waals surface area contributed by atoms with E-state index in [1.807, 2.05) is 19.1 Å². The quantitative estimate of drug-likeness (QED) is 0.761. The highest BCUT2D eigenvalue weighted by Gasteiger charge is 2.09. The number of phenolic OH excluding ortho intramolecular Hbond substituents is 1. The van der Waals surface area contributed by atoms with Crippen molar-refractivity contribution < 1.29 is 9.84 Å². The van der Waals surface area contributed by atoms with Crippen LogP contribution < -0.4 is 10.3 Å². The Kier molecular flexibility index (Phi) is 4.27. The van der Waals surface area contributed by atoms with Gasteiger partial charge in [0.05, 0.1) is 23.0 Å². The van der Waals surface area contributed by atoms with E-state index >= 15 is 0 Å². The second kappa shape index (κ2) is 6.37. The van der Waals surface area contributed by atoms with Crippen molar-refractivity contribution in [1.29, 1.82) is 0 Å². The van der Waals surface area contributed by atoms with Gasteiger partial charge >= 0.3 is 0 Å². The SMILES string of the molecule is COc1ccc(C=C(Cl)c2nc3c(C)cccc3c(=O)[nH]2)cc1O. The van der Waals surface area contributed by atoms with Gasteiger partial charge in [-0.2, -0.15) is 0 Å². The molecule has 0 saturated carbocycles. The van der Waals surface area contributed by atoms with Crippen LogP contribution in [0.3, 0.4) is 0 Å². The Morgan fingerprint density at radius 1 is 1.33 bits per heavy atom. The zero-order chi connectivity index (χ0) is 17.3. The van der Waals surface area contributed by atoms with E-state index in [4.69, 9.17) is 16.3 Å². The summed E-state index contributed by atoms with van der Waals surface area (Å²) in [7, 11) is 1.48. The first-order valence-corrected chi connectivity index (χ1v) is 7.61. The number of fused-ring (bicyclic) bond motifs is 1. The van der Waals surface area contributed by atoms with E-state index in [0.717, 1.165) is 5.56 Å². The zero-order valence-corrected chi connectivity index (χ0v) is 13.9. The molecular weight excluding hydrogens is 328 g/mol. The number of benzene rings is 2. The maximum Gasteiger partial charge on any atom is 0.259 e. The van der Waals surface area contributed by atoms with Crippen LogP contribution in [-0.2, 0) is 0 Å². The van der Waals surface area contributed by atoms with Gasteiger partial charge < -0.3 is 14.8 Å². The molecule has 0 aliphatic rings. The molecule has 2 N–H and O–H groups in total. The Bertz CT molecular complexity index is 1010. The van der Waals surface area contributed by atoms with Crippen LogP contribution in [0.25, 0.3) is 22.0 Å². The number of methoxy groups -OCH3 is 1. The van der Waals surface area contributed by atoms with Crippen LogP contribution in [0.15, 0.2) is 41.2 Å².